The average Bonchev–Trinajstić information content (AvgIpc) is 3.56. The number of nitrogens with zero attached hydrogens (tertiary/aromatic N) is 5. The summed E-state index contributed by atoms with van der Waals surface area (Å²) in [5.74, 6) is 1.50. The Bertz CT molecular complexity index is 1340. The first kappa shape index (κ1) is 23.7. The molecule has 9 nitrogen and oxygen atoms in total. The van der Waals surface area contributed by atoms with Gasteiger partial charge >= 0.3 is 0 Å². The Morgan fingerprint density at radius 3 is 2.68 bits per heavy atom. The molecule has 0 spiro atoms. The minimum absolute atomic E-state index is 0.107. The number of amides is 2. The molecule has 3 aliphatic rings. The third kappa shape index (κ3) is 4.48. The SMILES string of the molecule is CC(=O)Nc1ccc(-c2ccc3c(c2)CCCN3c2nn([C@H]3CCOC3)c3c2CN(C(C)=O)CC3)cn1. The van der Waals surface area contributed by atoms with E-state index in [-0.39, 0.29) is 17.9 Å². The lowest BCUT2D eigenvalue weighted by atomic mass is 9.96. The number of carbonyl (C=O) groups is 2. The number of ether oxygens (including phenoxy) is 1. The smallest absolute Gasteiger partial charge is 0.222 e. The summed E-state index contributed by atoms with van der Waals surface area (Å²) in [6.45, 7) is 6.81. The molecule has 1 fully saturated rings. The van der Waals surface area contributed by atoms with Crippen LogP contribution in [0.25, 0.3) is 11.1 Å². The molecule has 1 atom stereocenters. The highest BCUT2D eigenvalue weighted by Crippen LogP contribution is 2.40. The summed E-state index contributed by atoms with van der Waals surface area (Å²) in [5.41, 5.74) is 6.98. The fraction of sp³-hybridized carbons (Fsp3) is 0.429. The van der Waals surface area contributed by atoms with Crippen LogP contribution >= 0.6 is 0 Å². The number of hydrogen-bond acceptors (Lipinski definition) is 6. The molecular formula is C28H32N6O3. The molecule has 37 heavy (non-hydrogen) atoms. The maximum atomic E-state index is 12.2. The number of fused-ring (bicyclic) bond motifs is 2. The van der Waals surface area contributed by atoms with Gasteiger partial charge in [0.15, 0.2) is 5.82 Å². The number of hydrogen-bond donors (Lipinski definition) is 1. The van der Waals surface area contributed by atoms with Crippen molar-refractivity contribution < 1.29 is 14.3 Å². The maximum Gasteiger partial charge on any atom is 0.222 e. The van der Waals surface area contributed by atoms with Gasteiger partial charge in [0.05, 0.1) is 19.2 Å². The standard InChI is InChI=1S/C28H32N6O3/c1-18(35)30-27-8-6-22(15-29-27)20-5-7-25-21(14-20)4-3-11-33(25)28-24-16-32(19(2)36)12-9-26(24)34(31-28)23-10-13-37-17-23/h5-8,14-15,23H,3-4,9-13,16-17H2,1-2H3,(H,29,30,35)/t23-/m0/s1. The van der Waals surface area contributed by atoms with E-state index in [9.17, 15) is 9.59 Å². The summed E-state index contributed by atoms with van der Waals surface area (Å²) in [5, 5.41) is 7.90. The summed E-state index contributed by atoms with van der Waals surface area (Å²) in [7, 11) is 0. The molecule has 0 bridgehead atoms. The van der Waals surface area contributed by atoms with Crippen molar-refractivity contribution in [2.75, 3.05) is 36.5 Å². The summed E-state index contributed by atoms with van der Waals surface area (Å²) >= 11 is 0. The Balaban J connectivity index is 1.35. The predicted octanol–water partition coefficient (Wildman–Crippen LogP) is 3.85. The fourth-order valence-electron chi connectivity index (χ4n) is 5.75. The van der Waals surface area contributed by atoms with Crippen LogP contribution in [0, 0.1) is 0 Å². The van der Waals surface area contributed by atoms with Gasteiger partial charge in [-0.05, 0) is 54.7 Å². The summed E-state index contributed by atoms with van der Waals surface area (Å²) in [6, 6.07) is 10.6. The van der Waals surface area contributed by atoms with Crippen LogP contribution in [0.1, 0.15) is 49.6 Å². The Morgan fingerprint density at radius 1 is 1.08 bits per heavy atom. The molecule has 3 aliphatic heterocycles. The zero-order valence-electron chi connectivity index (χ0n) is 21.4. The quantitative estimate of drug-likeness (QED) is 0.585. The van der Waals surface area contributed by atoms with Crippen molar-refractivity contribution in [3.63, 3.8) is 0 Å². The van der Waals surface area contributed by atoms with Crippen molar-refractivity contribution in [2.24, 2.45) is 0 Å². The molecule has 0 aliphatic carbocycles. The highest BCUT2D eigenvalue weighted by atomic mass is 16.5. The Labute approximate surface area is 216 Å². The molecule has 1 saturated heterocycles. The van der Waals surface area contributed by atoms with Gasteiger partial charge in [0.25, 0.3) is 0 Å². The molecule has 1 aromatic carbocycles. The number of anilines is 3. The zero-order chi connectivity index (χ0) is 25.5. The third-order valence-electron chi connectivity index (χ3n) is 7.62. The van der Waals surface area contributed by atoms with Gasteiger partial charge in [-0.1, -0.05) is 6.07 Å². The first-order valence-corrected chi connectivity index (χ1v) is 13.1. The van der Waals surface area contributed by atoms with Crippen LogP contribution in [0.5, 0.6) is 0 Å². The number of pyridine rings is 1. The van der Waals surface area contributed by atoms with Gasteiger partial charge in [0.2, 0.25) is 11.8 Å². The minimum Gasteiger partial charge on any atom is -0.379 e. The van der Waals surface area contributed by atoms with Crippen molar-refractivity contribution in [2.45, 2.75) is 52.1 Å². The molecule has 0 saturated carbocycles. The summed E-state index contributed by atoms with van der Waals surface area (Å²) < 4.78 is 7.88. The van der Waals surface area contributed by atoms with Crippen molar-refractivity contribution in [3.8, 4) is 11.1 Å². The summed E-state index contributed by atoms with van der Waals surface area (Å²) in [4.78, 5) is 32.2. The first-order chi connectivity index (χ1) is 18.0. The van der Waals surface area contributed by atoms with Crippen LogP contribution in [0.4, 0.5) is 17.3 Å². The largest absolute Gasteiger partial charge is 0.379 e. The van der Waals surface area contributed by atoms with E-state index in [1.54, 1.807) is 13.1 Å². The molecule has 1 N–H and O–H groups in total. The van der Waals surface area contributed by atoms with Gasteiger partial charge in [-0.25, -0.2) is 4.98 Å². The molecule has 2 aromatic heterocycles. The normalized spacial score (nSPS) is 18.9. The predicted molar refractivity (Wildman–Crippen MR) is 141 cm³/mol. The Kier molecular flexibility index (Phi) is 6.16. The van der Waals surface area contributed by atoms with Gasteiger partial charge in [-0.15, -0.1) is 0 Å². The lowest BCUT2D eigenvalue weighted by Crippen LogP contribution is -2.35. The van der Waals surface area contributed by atoms with Gasteiger partial charge in [-0.3, -0.25) is 14.3 Å². The lowest BCUT2D eigenvalue weighted by molar-refractivity contribution is -0.129. The van der Waals surface area contributed by atoms with E-state index >= 15 is 0 Å². The third-order valence-corrected chi connectivity index (χ3v) is 7.62. The highest BCUT2D eigenvalue weighted by Gasteiger charge is 2.33. The van der Waals surface area contributed by atoms with Gasteiger partial charge < -0.3 is 19.9 Å². The van der Waals surface area contributed by atoms with Crippen molar-refractivity contribution >= 4 is 29.1 Å². The van der Waals surface area contributed by atoms with E-state index in [1.165, 1.54) is 29.4 Å². The van der Waals surface area contributed by atoms with E-state index in [4.69, 9.17) is 9.84 Å². The van der Waals surface area contributed by atoms with Crippen molar-refractivity contribution in [3.05, 3.63) is 53.3 Å². The number of carbonyl (C=O) groups excluding carboxylic acids is 2. The fourth-order valence-corrected chi connectivity index (χ4v) is 5.75. The number of nitrogens with one attached hydrogen (secondary N) is 1. The maximum absolute atomic E-state index is 12.2. The molecule has 6 rings (SSSR count). The first-order valence-electron chi connectivity index (χ1n) is 13.1. The number of benzene rings is 1. The Hall–Kier alpha value is -3.72. The molecule has 0 unspecified atom stereocenters. The van der Waals surface area contributed by atoms with E-state index in [0.29, 0.717) is 19.0 Å². The number of aryl methyl sites for hydroxylation is 1. The molecule has 192 valence electrons. The van der Waals surface area contributed by atoms with E-state index in [2.05, 4.69) is 38.1 Å². The monoisotopic (exact) mass is 500 g/mol. The molecule has 5 heterocycles. The van der Waals surface area contributed by atoms with E-state index < -0.39 is 0 Å². The van der Waals surface area contributed by atoms with Crippen LogP contribution in [-0.2, 0) is 33.7 Å². The van der Waals surface area contributed by atoms with Crippen LogP contribution in [0.3, 0.4) is 0 Å². The second kappa shape index (κ2) is 9.63. The van der Waals surface area contributed by atoms with Crippen LogP contribution in [-0.4, -0.2) is 57.8 Å². The number of rotatable bonds is 4. The average molecular weight is 501 g/mol. The topological polar surface area (TPSA) is 92.6 Å². The van der Waals surface area contributed by atoms with Crippen LogP contribution in [0.2, 0.25) is 0 Å². The zero-order valence-corrected chi connectivity index (χ0v) is 21.4. The molecule has 9 heteroatoms. The molecule has 2 amide bonds. The van der Waals surface area contributed by atoms with Crippen LogP contribution < -0.4 is 10.2 Å². The van der Waals surface area contributed by atoms with Crippen LogP contribution in [0.15, 0.2) is 36.5 Å². The lowest BCUT2D eigenvalue weighted by Gasteiger charge is -2.32. The number of aromatic nitrogens is 3. The Morgan fingerprint density at radius 2 is 1.95 bits per heavy atom. The van der Waals surface area contributed by atoms with Gasteiger partial charge in [0.1, 0.15) is 5.82 Å². The molecular weight excluding hydrogens is 468 g/mol. The highest BCUT2D eigenvalue weighted by molar-refractivity contribution is 5.87. The summed E-state index contributed by atoms with van der Waals surface area (Å²) in [6.07, 6.45) is 5.61. The van der Waals surface area contributed by atoms with Crippen molar-refractivity contribution in [1.82, 2.24) is 19.7 Å². The van der Waals surface area contributed by atoms with E-state index in [1.807, 2.05) is 17.0 Å². The minimum atomic E-state index is -0.134. The van der Waals surface area contributed by atoms with Crippen molar-refractivity contribution in [1.29, 1.82) is 0 Å². The molecule has 0 radical (unpaired) electrons. The molecule has 3 aromatic rings. The second-order valence-electron chi connectivity index (χ2n) is 10.1. The van der Waals surface area contributed by atoms with Gasteiger partial charge in [0, 0.05) is 68.7 Å². The van der Waals surface area contributed by atoms with Gasteiger partial charge in [-0.2, -0.15) is 5.10 Å². The van der Waals surface area contributed by atoms with E-state index in [0.717, 1.165) is 62.3 Å². The second-order valence-corrected chi connectivity index (χ2v) is 10.1.